The smallest absolute Gasteiger partial charge is 0.352 e. The minimum atomic E-state index is -4.58. The molecule has 2 heterocycles. The molecule has 0 atom stereocenters. The molecule has 0 saturated carbocycles. The highest BCUT2D eigenvalue weighted by molar-refractivity contribution is 7.08. The fourth-order valence-electron chi connectivity index (χ4n) is 3.07. The molecule has 3 rings (SSSR count). The van der Waals surface area contributed by atoms with E-state index in [0.717, 1.165) is 11.8 Å². The van der Waals surface area contributed by atoms with E-state index in [0.29, 0.717) is 16.9 Å². The first-order valence-electron chi connectivity index (χ1n) is 9.46. The van der Waals surface area contributed by atoms with Gasteiger partial charge >= 0.3 is 6.18 Å². The van der Waals surface area contributed by atoms with Gasteiger partial charge in [-0.05, 0) is 49.1 Å². The van der Waals surface area contributed by atoms with Crippen molar-refractivity contribution in [3.05, 3.63) is 69.2 Å². The zero-order chi connectivity index (χ0) is 22.6. The minimum absolute atomic E-state index is 0.0406. The number of carbonyl (C=O) groups is 2. The van der Waals surface area contributed by atoms with Gasteiger partial charge < -0.3 is 10.6 Å². The summed E-state index contributed by atoms with van der Waals surface area (Å²) in [6.45, 7) is 3.34. The van der Waals surface area contributed by atoms with E-state index in [1.807, 2.05) is 0 Å². The Labute approximate surface area is 181 Å². The Morgan fingerprint density at radius 2 is 1.90 bits per heavy atom. The van der Waals surface area contributed by atoms with Crippen molar-refractivity contribution < 1.29 is 22.8 Å². The van der Waals surface area contributed by atoms with Gasteiger partial charge in [-0.25, -0.2) is 4.68 Å². The number of halogens is 3. The third kappa shape index (κ3) is 5.72. The summed E-state index contributed by atoms with van der Waals surface area (Å²) in [4.78, 5) is 23.9. The van der Waals surface area contributed by atoms with Crippen molar-refractivity contribution >= 4 is 23.2 Å². The molecule has 0 spiro atoms. The van der Waals surface area contributed by atoms with Crippen molar-refractivity contribution in [2.75, 3.05) is 6.54 Å². The van der Waals surface area contributed by atoms with Gasteiger partial charge in [0.2, 0.25) is 5.91 Å². The lowest BCUT2D eigenvalue weighted by atomic mass is 10.1. The number of hydrogen-bond acceptors (Lipinski definition) is 4. The van der Waals surface area contributed by atoms with Crippen LogP contribution >= 0.6 is 11.3 Å². The molecule has 0 unspecified atom stereocenters. The molecule has 0 aliphatic heterocycles. The molecule has 0 fully saturated rings. The molecule has 0 aliphatic carbocycles. The van der Waals surface area contributed by atoms with Gasteiger partial charge in [-0.15, -0.1) is 0 Å². The van der Waals surface area contributed by atoms with Crippen molar-refractivity contribution in [3.8, 4) is 5.69 Å². The van der Waals surface area contributed by atoms with E-state index in [1.54, 1.807) is 36.7 Å². The van der Waals surface area contributed by atoms with E-state index in [9.17, 15) is 22.8 Å². The summed E-state index contributed by atoms with van der Waals surface area (Å²) >= 11 is 1.38. The molecule has 2 amide bonds. The number of nitrogens with one attached hydrogen (secondary N) is 2. The first-order chi connectivity index (χ1) is 14.6. The van der Waals surface area contributed by atoms with E-state index in [1.165, 1.54) is 28.2 Å². The number of amides is 2. The topological polar surface area (TPSA) is 76.0 Å². The number of aryl methyl sites for hydroxylation is 2. The lowest BCUT2D eigenvalue weighted by Crippen LogP contribution is -2.30. The van der Waals surface area contributed by atoms with Gasteiger partial charge in [-0.2, -0.15) is 29.6 Å². The van der Waals surface area contributed by atoms with E-state index >= 15 is 0 Å². The van der Waals surface area contributed by atoms with E-state index in [2.05, 4.69) is 15.7 Å². The summed E-state index contributed by atoms with van der Waals surface area (Å²) in [5, 5.41) is 12.8. The Hall–Kier alpha value is -3.14. The molecule has 10 heteroatoms. The summed E-state index contributed by atoms with van der Waals surface area (Å²) in [6, 6.07) is 7.35. The van der Waals surface area contributed by atoms with Gasteiger partial charge in [0.15, 0.2) is 0 Å². The predicted molar refractivity (Wildman–Crippen MR) is 111 cm³/mol. The number of carbonyl (C=O) groups excluding carboxylic acids is 2. The van der Waals surface area contributed by atoms with Crippen molar-refractivity contribution in [1.29, 1.82) is 0 Å². The standard InChI is InChI=1S/C21H21F3N4O2S/c1-13-9-14(2)28(27-13)17-4-3-15(18(10-17)21(22,23)24)11-26-19(29)5-7-25-20(30)16-6-8-31-12-16/h3-4,6,8-10,12H,5,7,11H2,1-2H3,(H,25,30)(H,26,29). The summed E-state index contributed by atoms with van der Waals surface area (Å²) < 4.78 is 42.3. The average Bonchev–Trinajstić information content (AvgIpc) is 3.35. The third-order valence-corrected chi connectivity index (χ3v) is 5.23. The Kier molecular flexibility index (Phi) is 6.79. The number of thiophene rings is 1. The molecule has 0 bridgehead atoms. The van der Waals surface area contributed by atoms with Crippen LogP contribution in [0.5, 0.6) is 0 Å². The maximum absolute atomic E-state index is 13.6. The number of alkyl halides is 3. The summed E-state index contributed by atoms with van der Waals surface area (Å²) in [5.74, 6) is -0.755. The van der Waals surface area contributed by atoms with Crippen LogP contribution in [0.3, 0.4) is 0 Å². The Morgan fingerprint density at radius 1 is 1.13 bits per heavy atom. The maximum atomic E-state index is 13.6. The molecule has 3 aromatic rings. The van der Waals surface area contributed by atoms with Crippen LogP contribution in [0.2, 0.25) is 0 Å². The van der Waals surface area contributed by atoms with Crippen molar-refractivity contribution in [1.82, 2.24) is 20.4 Å². The fraction of sp³-hybridized carbons (Fsp3) is 0.286. The van der Waals surface area contributed by atoms with E-state index < -0.39 is 17.6 Å². The van der Waals surface area contributed by atoms with Gasteiger partial charge in [0.05, 0.1) is 16.9 Å². The monoisotopic (exact) mass is 450 g/mol. The fourth-order valence-corrected chi connectivity index (χ4v) is 3.71. The number of rotatable bonds is 7. The first kappa shape index (κ1) is 22.5. The predicted octanol–water partition coefficient (Wildman–Crippen LogP) is 4.01. The van der Waals surface area contributed by atoms with Crippen LogP contribution in [-0.4, -0.2) is 28.1 Å². The Bertz CT molecular complexity index is 1070. The second-order valence-electron chi connectivity index (χ2n) is 6.97. The van der Waals surface area contributed by atoms with Crippen LogP contribution in [0.4, 0.5) is 13.2 Å². The van der Waals surface area contributed by atoms with E-state index in [-0.39, 0.29) is 31.0 Å². The van der Waals surface area contributed by atoms with E-state index in [4.69, 9.17) is 0 Å². The van der Waals surface area contributed by atoms with Gasteiger partial charge in [0.1, 0.15) is 0 Å². The Balaban J connectivity index is 1.63. The molecule has 2 N–H and O–H groups in total. The van der Waals surface area contributed by atoms with Gasteiger partial charge in [-0.3, -0.25) is 9.59 Å². The van der Waals surface area contributed by atoms with Gasteiger partial charge in [0.25, 0.3) is 5.91 Å². The summed E-state index contributed by atoms with van der Waals surface area (Å²) in [5.41, 5.74) is 1.34. The summed E-state index contributed by atoms with van der Waals surface area (Å²) in [6.07, 6.45) is -4.62. The van der Waals surface area contributed by atoms with Crippen LogP contribution in [-0.2, 0) is 17.5 Å². The van der Waals surface area contributed by atoms with Crippen molar-refractivity contribution in [2.45, 2.75) is 33.0 Å². The van der Waals surface area contributed by atoms with Gasteiger partial charge in [-0.1, -0.05) is 6.07 Å². The highest BCUT2D eigenvalue weighted by Gasteiger charge is 2.34. The molecular formula is C21H21F3N4O2S. The Morgan fingerprint density at radius 3 is 2.52 bits per heavy atom. The second-order valence-corrected chi connectivity index (χ2v) is 7.75. The normalized spacial score (nSPS) is 11.4. The molecule has 0 radical (unpaired) electrons. The van der Waals surface area contributed by atoms with Crippen LogP contribution in [0, 0.1) is 13.8 Å². The average molecular weight is 450 g/mol. The lowest BCUT2D eigenvalue weighted by Gasteiger charge is -2.16. The number of hydrogen-bond donors (Lipinski definition) is 2. The number of nitrogens with zero attached hydrogens (tertiary/aromatic N) is 2. The van der Waals surface area contributed by atoms with Crippen LogP contribution in [0.15, 0.2) is 41.1 Å². The SMILES string of the molecule is Cc1cc(C)n(-c2ccc(CNC(=O)CCNC(=O)c3ccsc3)c(C(F)(F)F)c2)n1. The zero-order valence-corrected chi connectivity index (χ0v) is 17.7. The molecule has 0 aliphatic rings. The third-order valence-electron chi connectivity index (χ3n) is 4.55. The lowest BCUT2D eigenvalue weighted by molar-refractivity contribution is -0.138. The molecule has 0 saturated heterocycles. The maximum Gasteiger partial charge on any atom is 0.416 e. The molecule has 2 aromatic heterocycles. The highest BCUT2D eigenvalue weighted by atomic mass is 32.1. The molecule has 1 aromatic carbocycles. The minimum Gasteiger partial charge on any atom is -0.352 e. The highest BCUT2D eigenvalue weighted by Crippen LogP contribution is 2.33. The zero-order valence-electron chi connectivity index (χ0n) is 16.9. The molecular weight excluding hydrogens is 429 g/mol. The summed E-state index contributed by atoms with van der Waals surface area (Å²) in [7, 11) is 0. The second kappa shape index (κ2) is 9.34. The van der Waals surface area contributed by atoms with Crippen LogP contribution < -0.4 is 10.6 Å². The first-order valence-corrected chi connectivity index (χ1v) is 10.4. The molecule has 31 heavy (non-hydrogen) atoms. The van der Waals surface area contributed by atoms with Crippen molar-refractivity contribution in [2.24, 2.45) is 0 Å². The van der Waals surface area contributed by atoms with Crippen LogP contribution in [0.25, 0.3) is 5.69 Å². The quantitative estimate of drug-likeness (QED) is 0.571. The number of benzene rings is 1. The molecule has 6 nitrogen and oxygen atoms in total. The van der Waals surface area contributed by atoms with Crippen LogP contribution in [0.1, 0.15) is 39.3 Å². The van der Waals surface area contributed by atoms with Gasteiger partial charge in [0, 0.05) is 36.1 Å². The molecule has 164 valence electrons. The largest absolute Gasteiger partial charge is 0.416 e. The number of aromatic nitrogens is 2. The van der Waals surface area contributed by atoms with Crippen molar-refractivity contribution in [3.63, 3.8) is 0 Å².